The Balaban J connectivity index is 1.77. The van der Waals surface area contributed by atoms with Gasteiger partial charge in [-0.1, -0.05) is 49.6 Å². The van der Waals surface area contributed by atoms with Crippen LogP contribution in [0.5, 0.6) is 0 Å². The van der Waals surface area contributed by atoms with E-state index >= 15 is 0 Å². The molecule has 8 nitrogen and oxygen atoms in total. The van der Waals surface area contributed by atoms with Crippen LogP contribution in [0.25, 0.3) is 0 Å². The fourth-order valence-electron chi connectivity index (χ4n) is 4.15. The Kier molecular flexibility index (Phi) is 6.30. The molecule has 2 aromatic carbocycles. The van der Waals surface area contributed by atoms with Gasteiger partial charge in [0, 0.05) is 24.1 Å². The first-order valence-electron chi connectivity index (χ1n) is 10.7. The Bertz CT molecular complexity index is 1040. The number of rotatable bonds is 6. The first-order chi connectivity index (χ1) is 15.5. The third-order valence-electron chi connectivity index (χ3n) is 5.87. The Morgan fingerprint density at radius 2 is 1.84 bits per heavy atom. The lowest BCUT2D eigenvalue weighted by Gasteiger charge is -2.25. The number of hydrogen-bond acceptors (Lipinski definition) is 7. The summed E-state index contributed by atoms with van der Waals surface area (Å²) in [5, 5.41) is 11.0. The number of carbonyl (C=O) groups is 1. The second-order valence-electron chi connectivity index (χ2n) is 8.06. The molecule has 0 amide bonds. The summed E-state index contributed by atoms with van der Waals surface area (Å²) in [6.45, 7) is 0. The maximum Gasteiger partial charge on any atom is 0.344 e. The molecule has 2 aromatic rings. The van der Waals surface area contributed by atoms with E-state index in [1.807, 2.05) is 30.3 Å². The zero-order chi connectivity index (χ0) is 22.6. The standard InChI is InChI=1S/C24H25N3O5/c1-31-23(28)24(16-17-12-14-20(15-13-17)27(29)30)22(25-19-10-6-3-7-11-19)32-21(26-24)18-8-4-2-5-9-18/h2,4-5,8-9,12-15,19H,3,6-7,10-11,16H2,1H3/t24-/m0/s1. The molecule has 0 unspecified atom stereocenters. The Morgan fingerprint density at radius 1 is 1.16 bits per heavy atom. The minimum atomic E-state index is -1.48. The van der Waals surface area contributed by atoms with Gasteiger partial charge >= 0.3 is 5.97 Å². The van der Waals surface area contributed by atoms with Gasteiger partial charge in [0.15, 0.2) is 0 Å². The quantitative estimate of drug-likeness (QED) is 0.383. The average Bonchev–Trinajstić information content (AvgIpc) is 3.19. The van der Waals surface area contributed by atoms with Crippen molar-refractivity contribution in [2.75, 3.05) is 7.11 Å². The maximum atomic E-state index is 13.1. The highest BCUT2D eigenvalue weighted by Gasteiger charge is 2.52. The molecule has 0 spiro atoms. The zero-order valence-corrected chi connectivity index (χ0v) is 17.9. The Hall–Kier alpha value is -3.55. The van der Waals surface area contributed by atoms with Gasteiger partial charge in [-0.15, -0.1) is 0 Å². The van der Waals surface area contributed by atoms with Gasteiger partial charge in [-0.25, -0.2) is 14.8 Å². The summed E-state index contributed by atoms with van der Waals surface area (Å²) in [5.74, 6) is -0.0303. The third-order valence-corrected chi connectivity index (χ3v) is 5.87. The van der Waals surface area contributed by atoms with E-state index in [2.05, 4.69) is 0 Å². The zero-order valence-electron chi connectivity index (χ0n) is 17.9. The van der Waals surface area contributed by atoms with Gasteiger partial charge in [0.2, 0.25) is 17.3 Å². The normalized spacial score (nSPS) is 22.3. The van der Waals surface area contributed by atoms with Crippen LogP contribution in [-0.4, -0.2) is 41.4 Å². The number of aliphatic imine (C=N–C) groups is 2. The van der Waals surface area contributed by atoms with Crippen molar-refractivity contribution in [2.24, 2.45) is 9.98 Å². The predicted octanol–water partition coefficient (Wildman–Crippen LogP) is 4.26. The number of hydrogen-bond donors (Lipinski definition) is 0. The molecule has 1 heterocycles. The lowest BCUT2D eigenvalue weighted by atomic mass is 9.90. The maximum absolute atomic E-state index is 13.1. The van der Waals surface area contributed by atoms with Crippen LogP contribution in [0.4, 0.5) is 5.69 Å². The van der Waals surface area contributed by atoms with Crippen LogP contribution < -0.4 is 0 Å². The number of non-ortho nitro benzene ring substituents is 1. The summed E-state index contributed by atoms with van der Waals surface area (Å²) in [6.07, 6.45) is 5.34. The average molecular weight is 435 g/mol. The molecule has 166 valence electrons. The van der Waals surface area contributed by atoms with Gasteiger partial charge < -0.3 is 9.47 Å². The van der Waals surface area contributed by atoms with Crippen molar-refractivity contribution in [3.8, 4) is 0 Å². The Morgan fingerprint density at radius 3 is 2.47 bits per heavy atom. The second-order valence-corrected chi connectivity index (χ2v) is 8.06. The van der Waals surface area contributed by atoms with Gasteiger partial charge in [-0.3, -0.25) is 10.1 Å². The van der Waals surface area contributed by atoms with Crippen LogP contribution in [0.15, 0.2) is 64.6 Å². The van der Waals surface area contributed by atoms with Crippen molar-refractivity contribution in [3.05, 3.63) is 75.8 Å². The van der Waals surface area contributed by atoms with Gasteiger partial charge in [0.05, 0.1) is 18.1 Å². The number of carbonyl (C=O) groups excluding carboxylic acids is 1. The number of ether oxygens (including phenoxy) is 2. The molecule has 0 bridgehead atoms. The first kappa shape index (κ1) is 21.7. The highest BCUT2D eigenvalue weighted by atomic mass is 16.6. The van der Waals surface area contributed by atoms with Gasteiger partial charge in [0.25, 0.3) is 5.69 Å². The molecule has 2 aliphatic rings. The summed E-state index contributed by atoms with van der Waals surface area (Å²) in [6, 6.07) is 15.5. The van der Waals surface area contributed by atoms with Crippen molar-refractivity contribution < 1.29 is 19.2 Å². The first-order valence-corrected chi connectivity index (χ1v) is 10.7. The van der Waals surface area contributed by atoms with Crippen LogP contribution >= 0.6 is 0 Å². The molecule has 0 aromatic heterocycles. The molecule has 1 aliphatic carbocycles. The van der Waals surface area contributed by atoms with Gasteiger partial charge in [-0.05, 0) is 30.5 Å². The number of methoxy groups -OCH3 is 1. The predicted molar refractivity (Wildman–Crippen MR) is 120 cm³/mol. The molecule has 32 heavy (non-hydrogen) atoms. The molecule has 1 fully saturated rings. The lowest BCUT2D eigenvalue weighted by molar-refractivity contribution is -0.384. The van der Waals surface area contributed by atoms with Crippen molar-refractivity contribution in [1.29, 1.82) is 0 Å². The van der Waals surface area contributed by atoms with Crippen LogP contribution in [0.3, 0.4) is 0 Å². The fourth-order valence-corrected chi connectivity index (χ4v) is 4.15. The highest BCUT2D eigenvalue weighted by Crippen LogP contribution is 2.32. The highest BCUT2D eigenvalue weighted by molar-refractivity contribution is 6.19. The second kappa shape index (κ2) is 9.30. The van der Waals surface area contributed by atoms with Crippen LogP contribution in [-0.2, 0) is 20.7 Å². The lowest BCUT2D eigenvalue weighted by Crippen LogP contribution is -2.46. The number of benzene rings is 2. The topological polar surface area (TPSA) is 103 Å². The van der Waals surface area contributed by atoms with Crippen molar-refractivity contribution in [2.45, 2.75) is 50.1 Å². The SMILES string of the molecule is COC(=O)[C@@]1(Cc2ccc([N+](=O)[O-])cc2)N=C(c2ccccc2)OC1=NC1CCCCC1. The number of nitro groups is 1. The third kappa shape index (κ3) is 4.39. The molecular formula is C24H25N3O5. The molecule has 0 radical (unpaired) electrons. The number of nitro benzene ring substituents is 1. The smallest absolute Gasteiger partial charge is 0.344 e. The monoisotopic (exact) mass is 435 g/mol. The molecule has 4 rings (SSSR count). The summed E-state index contributed by atoms with van der Waals surface area (Å²) in [5.41, 5.74) is -0.0709. The van der Waals surface area contributed by atoms with Crippen molar-refractivity contribution in [3.63, 3.8) is 0 Å². The Labute approximate surface area is 186 Å². The van der Waals surface area contributed by atoms with Gasteiger partial charge in [0.1, 0.15) is 0 Å². The molecule has 1 atom stereocenters. The van der Waals surface area contributed by atoms with E-state index in [9.17, 15) is 14.9 Å². The summed E-state index contributed by atoms with van der Waals surface area (Å²) in [7, 11) is 1.31. The van der Waals surface area contributed by atoms with Crippen LogP contribution in [0.1, 0.15) is 43.2 Å². The summed E-state index contributed by atoms with van der Waals surface area (Å²) >= 11 is 0. The number of esters is 1. The van der Waals surface area contributed by atoms with Crippen molar-refractivity contribution >= 4 is 23.5 Å². The van der Waals surface area contributed by atoms with Gasteiger partial charge in [-0.2, -0.15) is 0 Å². The minimum absolute atomic E-state index is 0.0203. The minimum Gasteiger partial charge on any atom is -0.467 e. The van der Waals surface area contributed by atoms with E-state index < -0.39 is 16.4 Å². The molecule has 8 heteroatoms. The fraction of sp³-hybridized carbons (Fsp3) is 0.375. The molecule has 1 saturated carbocycles. The van der Waals surface area contributed by atoms with E-state index in [0.717, 1.165) is 31.2 Å². The number of nitrogens with zero attached hydrogens (tertiary/aromatic N) is 3. The molecule has 1 aliphatic heterocycles. The van der Waals surface area contributed by atoms with Crippen molar-refractivity contribution in [1.82, 2.24) is 0 Å². The molecular weight excluding hydrogens is 410 g/mol. The van der Waals surface area contributed by atoms with E-state index in [-0.39, 0.29) is 24.0 Å². The molecule has 0 N–H and O–H groups in total. The summed E-state index contributed by atoms with van der Waals surface area (Å²) < 4.78 is 11.3. The largest absolute Gasteiger partial charge is 0.467 e. The van der Waals surface area contributed by atoms with E-state index in [4.69, 9.17) is 19.5 Å². The van der Waals surface area contributed by atoms with Crippen LogP contribution in [0, 0.1) is 10.1 Å². The van der Waals surface area contributed by atoms with E-state index in [1.54, 1.807) is 12.1 Å². The van der Waals surface area contributed by atoms with Crippen LogP contribution in [0.2, 0.25) is 0 Å². The van der Waals surface area contributed by atoms with E-state index in [1.165, 1.54) is 25.7 Å². The summed E-state index contributed by atoms with van der Waals surface area (Å²) in [4.78, 5) is 33.3. The molecule has 0 saturated heterocycles. The van der Waals surface area contributed by atoms with E-state index in [0.29, 0.717) is 11.5 Å².